The maximum absolute atomic E-state index is 13.1. The van der Waals surface area contributed by atoms with Gasteiger partial charge in [0.25, 0.3) is 0 Å². The second-order valence-electron chi connectivity index (χ2n) is 12.9. The van der Waals surface area contributed by atoms with Gasteiger partial charge in [-0.1, -0.05) is 38.2 Å². The molecule has 0 aliphatic heterocycles. The molecule has 4 saturated carbocycles. The average Bonchev–Trinajstić information content (AvgIpc) is 3.13. The molecule has 0 aromatic carbocycles. The summed E-state index contributed by atoms with van der Waals surface area (Å²) in [6, 6.07) is 0. The molecule has 0 saturated heterocycles. The van der Waals surface area contributed by atoms with Crippen LogP contribution in [0.25, 0.3) is 0 Å². The molecule has 0 radical (unpaired) electrons. The van der Waals surface area contributed by atoms with Crippen LogP contribution in [0.2, 0.25) is 0 Å². The summed E-state index contributed by atoms with van der Waals surface area (Å²) in [5.74, 6) is -0.0707. The lowest BCUT2D eigenvalue weighted by Gasteiger charge is -2.66. The number of fused-ring (bicyclic) bond motifs is 3. The van der Waals surface area contributed by atoms with Crippen LogP contribution in [-0.2, 0) is 28.6 Å². The lowest BCUT2D eigenvalue weighted by molar-refractivity contribution is -0.242. The van der Waals surface area contributed by atoms with Crippen LogP contribution in [0.4, 0.5) is 0 Å². The SMILES string of the molecule is C=C1C[C@]23C[C@H]1CC[C@H]2[C@]1(C)CC[C@@H](OC(=O)/C(C)=C/C)[C@](C)(COC(C)=O)C1C[C@@H]3OC(=O)/C(C)=C/C. The van der Waals surface area contributed by atoms with Gasteiger partial charge in [-0.2, -0.15) is 0 Å². The molecule has 6 nitrogen and oxygen atoms in total. The van der Waals surface area contributed by atoms with Gasteiger partial charge >= 0.3 is 17.9 Å². The molecule has 6 heteroatoms. The summed E-state index contributed by atoms with van der Waals surface area (Å²) in [5.41, 5.74) is 1.66. The molecule has 1 spiro atoms. The minimum atomic E-state index is -0.614. The molecule has 0 N–H and O–H groups in total. The minimum absolute atomic E-state index is 0.0385. The van der Waals surface area contributed by atoms with Crippen LogP contribution in [0.5, 0.6) is 0 Å². The van der Waals surface area contributed by atoms with E-state index in [4.69, 9.17) is 14.2 Å². The maximum atomic E-state index is 13.1. The van der Waals surface area contributed by atoms with Crippen LogP contribution in [0, 0.1) is 34.0 Å². The van der Waals surface area contributed by atoms with E-state index in [2.05, 4.69) is 20.4 Å². The number of carbonyl (C=O) groups is 3. The van der Waals surface area contributed by atoms with Crippen LogP contribution in [0.15, 0.2) is 35.5 Å². The van der Waals surface area contributed by atoms with Crippen LogP contribution in [-0.4, -0.2) is 36.7 Å². The zero-order valence-electron chi connectivity index (χ0n) is 24.4. The van der Waals surface area contributed by atoms with E-state index in [9.17, 15) is 14.4 Å². The average molecular weight is 527 g/mol. The Labute approximate surface area is 228 Å². The Kier molecular flexibility index (Phi) is 7.77. The van der Waals surface area contributed by atoms with Gasteiger partial charge in [0.1, 0.15) is 18.8 Å². The van der Waals surface area contributed by atoms with Crippen molar-refractivity contribution in [3.05, 3.63) is 35.5 Å². The molecule has 8 atom stereocenters. The fourth-order valence-corrected chi connectivity index (χ4v) is 8.74. The summed E-state index contributed by atoms with van der Waals surface area (Å²) in [5, 5.41) is 0. The van der Waals surface area contributed by atoms with E-state index in [1.165, 1.54) is 12.5 Å². The number of allylic oxidation sites excluding steroid dienone is 3. The molecule has 0 aromatic heterocycles. The zero-order valence-corrected chi connectivity index (χ0v) is 24.4. The molecule has 0 aromatic rings. The van der Waals surface area contributed by atoms with Gasteiger partial charge in [0.15, 0.2) is 0 Å². The highest BCUT2D eigenvalue weighted by Gasteiger charge is 2.70. The first-order valence-electron chi connectivity index (χ1n) is 14.3. The molecular formula is C32H46O6. The second kappa shape index (κ2) is 10.3. The van der Waals surface area contributed by atoms with Gasteiger partial charge in [-0.05, 0) is 95.8 Å². The highest BCUT2D eigenvalue weighted by Crippen LogP contribution is 2.72. The number of hydrogen-bond donors (Lipinski definition) is 0. The largest absolute Gasteiger partial charge is 0.465 e. The van der Waals surface area contributed by atoms with Gasteiger partial charge in [-0.3, -0.25) is 4.79 Å². The molecule has 210 valence electrons. The van der Waals surface area contributed by atoms with Crippen molar-refractivity contribution in [3.63, 3.8) is 0 Å². The molecule has 4 fully saturated rings. The number of carbonyl (C=O) groups excluding carboxylic acids is 3. The Morgan fingerprint density at radius 3 is 2.11 bits per heavy atom. The van der Waals surface area contributed by atoms with Crippen molar-refractivity contribution >= 4 is 17.9 Å². The van der Waals surface area contributed by atoms with Crippen molar-refractivity contribution in [3.8, 4) is 0 Å². The Hall–Kier alpha value is -2.37. The molecule has 38 heavy (non-hydrogen) atoms. The molecule has 2 bridgehead atoms. The summed E-state index contributed by atoms with van der Waals surface area (Å²) in [6.45, 7) is 17.8. The van der Waals surface area contributed by atoms with Crippen LogP contribution in [0.3, 0.4) is 0 Å². The van der Waals surface area contributed by atoms with Crippen LogP contribution >= 0.6 is 0 Å². The smallest absolute Gasteiger partial charge is 0.333 e. The summed E-state index contributed by atoms with van der Waals surface area (Å²) in [7, 11) is 0. The minimum Gasteiger partial charge on any atom is -0.465 e. The topological polar surface area (TPSA) is 78.9 Å². The van der Waals surface area contributed by atoms with Gasteiger partial charge in [0, 0.05) is 28.9 Å². The maximum Gasteiger partial charge on any atom is 0.333 e. The number of hydrogen-bond acceptors (Lipinski definition) is 6. The highest BCUT2D eigenvalue weighted by atomic mass is 16.6. The lowest BCUT2D eigenvalue weighted by Crippen LogP contribution is -2.66. The molecule has 1 unspecified atom stereocenters. The van der Waals surface area contributed by atoms with E-state index in [0.717, 1.165) is 32.1 Å². The Balaban J connectivity index is 1.78. The van der Waals surface area contributed by atoms with Gasteiger partial charge in [-0.25, -0.2) is 9.59 Å². The lowest BCUT2D eigenvalue weighted by atomic mass is 9.40. The van der Waals surface area contributed by atoms with Crippen molar-refractivity contribution in [2.75, 3.05) is 6.61 Å². The van der Waals surface area contributed by atoms with Crippen molar-refractivity contribution in [1.29, 1.82) is 0 Å². The van der Waals surface area contributed by atoms with Crippen molar-refractivity contribution in [2.45, 2.75) is 106 Å². The fraction of sp³-hybridized carbons (Fsp3) is 0.719. The van der Waals surface area contributed by atoms with E-state index in [-0.39, 0.29) is 47.4 Å². The molecule has 0 heterocycles. The Morgan fingerprint density at radius 2 is 1.53 bits per heavy atom. The monoisotopic (exact) mass is 526 g/mol. The summed E-state index contributed by atoms with van der Waals surface area (Å²) >= 11 is 0. The summed E-state index contributed by atoms with van der Waals surface area (Å²) in [4.78, 5) is 38.1. The van der Waals surface area contributed by atoms with E-state index in [1.807, 2.05) is 13.8 Å². The first-order chi connectivity index (χ1) is 17.8. The number of esters is 3. The first-order valence-corrected chi connectivity index (χ1v) is 14.3. The molecule has 4 rings (SSSR count). The third-order valence-electron chi connectivity index (χ3n) is 11.0. The highest BCUT2D eigenvalue weighted by molar-refractivity contribution is 5.88. The van der Waals surface area contributed by atoms with Crippen LogP contribution < -0.4 is 0 Å². The van der Waals surface area contributed by atoms with Gasteiger partial charge in [0.2, 0.25) is 0 Å². The first kappa shape index (κ1) is 28.6. The van der Waals surface area contributed by atoms with E-state index in [1.54, 1.807) is 26.0 Å². The third kappa shape index (κ3) is 4.56. The third-order valence-corrected chi connectivity index (χ3v) is 11.0. The van der Waals surface area contributed by atoms with Crippen molar-refractivity contribution in [1.82, 2.24) is 0 Å². The molecular weight excluding hydrogens is 480 g/mol. The van der Waals surface area contributed by atoms with Gasteiger partial charge < -0.3 is 14.2 Å². The van der Waals surface area contributed by atoms with E-state index >= 15 is 0 Å². The van der Waals surface area contributed by atoms with Gasteiger partial charge in [-0.15, -0.1) is 0 Å². The normalized spacial score (nSPS) is 40.6. The van der Waals surface area contributed by atoms with E-state index in [0.29, 0.717) is 35.8 Å². The zero-order chi connectivity index (χ0) is 28.0. The quantitative estimate of drug-likeness (QED) is 0.170. The molecule has 4 aliphatic rings. The predicted molar refractivity (Wildman–Crippen MR) is 146 cm³/mol. The summed E-state index contributed by atoms with van der Waals surface area (Å²) < 4.78 is 18.2. The number of ether oxygens (including phenoxy) is 3. The molecule has 0 amide bonds. The number of rotatable bonds is 6. The van der Waals surface area contributed by atoms with Gasteiger partial charge in [0.05, 0.1) is 0 Å². The Morgan fingerprint density at radius 1 is 0.921 bits per heavy atom. The van der Waals surface area contributed by atoms with Crippen molar-refractivity contribution < 1.29 is 28.6 Å². The van der Waals surface area contributed by atoms with E-state index < -0.39 is 11.5 Å². The Bertz CT molecular complexity index is 1070. The second-order valence-corrected chi connectivity index (χ2v) is 12.9. The molecule has 4 aliphatic carbocycles. The fourth-order valence-electron chi connectivity index (χ4n) is 8.74. The summed E-state index contributed by atoms with van der Waals surface area (Å²) in [6.07, 6.45) is 9.27. The van der Waals surface area contributed by atoms with Crippen molar-refractivity contribution in [2.24, 2.45) is 34.0 Å². The van der Waals surface area contributed by atoms with Crippen LogP contribution in [0.1, 0.15) is 93.4 Å². The predicted octanol–water partition coefficient (Wildman–Crippen LogP) is 6.49. The standard InChI is InChI=1S/C32H46O6/c1-9-19(3)28(34)37-26-13-14-30(7)24-12-11-23-17-32(24,16-21(23)5)27(38-29(35)20(4)10-2)15-25(30)31(26,8)18-36-22(6)33/h9-10,23-27H,5,11-18H2,1-4,6-8H3/b19-9+,20-10+/t23-,24+,25?,26-,27+,30+,31-,32+/m1/s1.